The number of carbonyl (C=O) groups is 3. The molecular weight excluding hydrogens is 418 g/mol. The average Bonchev–Trinajstić information content (AvgIpc) is 2.81. The number of carbonyl (C=O) groups excluding carboxylic acids is 3. The molecule has 0 aliphatic heterocycles. The number of nitrogens with one attached hydrogen (secondary N) is 3. The molecular formula is C26H27N3O4. The predicted molar refractivity (Wildman–Crippen MR) is 127 cm³/mol. The molecule has 7 nitrogen and oxygen atoms in total. The fourth-order valence-corrected chi connectivity index (χ4v) is 3.16. The van der Waals surface area contributed by atoms with Crippen molar-refractivity contribution in [3.8, 4) is 5.75 Å². The van der Waals surface area contributed by atoms with Crippen LogP contribution < -0.4 is 20.9 Å². The Labute approximate surface area is 193 Å². The predicted octanol–water partition coefficient (Wildman–Crippen LogP) is 4.21. The van der Waals surface area contributed by atoms with Crippen molar-refractivity contribution in [1.82, 2.24) is 10.9 Å². The van der Waals surface area contributed by atoms with E-state index in [0.29, 0.717) is 22.6 Å². The van der Waals surface area contributed by atoms with Gasteiger partial charge in [-0.25, -0.2) is 0 Å². The van der Waals surface area contributed by atoms with Crippen LogP contribution >= 0.6 is 0 Å². The van der Waals surface area contributed by atoms with Gasteiger partial charge in [0, 0.05) is 16.8 Å². The lowest BCUT2D eigenvalue weighted by molar-refractivity contribution is -0.123. The van der Waals surface area contributed by atoms with Crippen LogP contribution in [0.1, 0.15) is 51.6 Å². The fraction of sp³-hybridized carbons (Fsp3) is 0.192. The Balaban J connectivity index is 1.48. The molecule has 33 heavy (non-hydrogen) atoms. The number of benzene rings is 3. The maximum Gasteiger partial charge on any atom is 0.276 e. The fourth-order valence-electron chi connectivity index (χ4n) is 3.16. The Morgan fingerprint density at radius 2 is 1.55 bits per heavy atom. The Morgan fingerprint density at radius 3 is 2.24 bits per heavy atom. The SMILES string of the molecule is Cc1cccc(C(=O)Nc2ccc(C(=O)NNC(=O)COc3ccccc3C(C)C)cc2)c1. The van der Waals surface area contributed by atoms with E-state index >= 15 is 0 Å². The van der Waals surface area contributed by atoms with Crippen molar-refractivity contribution in [3.05, 3.63) is 95.1 Å². The number of rotatable bonds is 7. The van der Waals surface area contributed by atoms with E-state index in [4.69, 9.17) is 4.74 Å². The summed E-state index contributed by atoms with van der Waals surface area (Å²) >= 11 is 0. The van der Waals surface area contributed by atoms with E-state index in [-0.39, 0.29) is 18.4 Å². The van der Waals surface area contributed by atoms with E-state index in [1.165, 1.54) is 0 Å². The van der Waals surface area contributed by atoms with E-state index in [1.807, 2.05) is 51.1 Å². The van der Waals surface area contributed by atoms with Gasteiger partial charge in [0.2, 0.25) is 0 Å². The highest BCUT2D eigenvalue weighted by molar-refractivity contribution is 6.04. The minimum absolute atomic E-state index is 0.228. The highest BCUT2D eigenvalue weighted by atomic mass is 16.5. The minimum Gasteiger partial charge on any atom is -0.483 e. The number of hydrogen-bond acceptors (Lipinski definition) is 4. The summed E-state index contributed by atoms with van der Waals surface area (Å²) < 4.78 is 5.59. The van der Waals surface area contributed by atoms with E-state index in [1.54, 1.807) is 42.5 Å². The number of aryl methyl sites for hydroxylation is 1. The van der Waals surface area contributed by atoms with Gasteiger partial charge in [-0.2, -0.15) is 0 Å². The molecule has 3 aromatic rings. The maximum atomic E-state index is 12.3. The summed E-state index contributed by atoms with van der Waals surface area (Å²) in [7, 11) is 0. The van der Waals surface area contributed by atoms with E-state index < -0.39 is 11.8 Å². The largest absolute Gasteiger partial charge is 0.483 e. The molecule has 0 aromatic heterocycles. The second-order valence-electron chi connectivity index (χ2n) is 7.88. The standard InChI is InChI=1S/C26H27N3O4/c1-17(2)22-9-4-5-10-23(22)33-16-24(30)28-29-26(32)19-11-13-21(14-12-19)27-25(31)20-8-6-7-18(3)15-20/h4-15,17H,16H2,1-3H3,(H,27,31)(H,28,30)(H,29,32). The third-order valence-electron chi connectivity index (χ3n) is 4.90. The number of anilines is 1. The van der Waals surface area contributed by atoms with Crippen LogP contribution in [0.3, 0.4) is 0 Å². The molecule has 0 heterocycles. The molecule has 0 atom stereocenters. The zero-order valence-corrected chi connectivity index (χ0v) is 18.8. The quantitative estimate of drug-likeness (QED) is 0.475. The lowest BCUT2D eigenvalue weighted by Crippen LogP contribution is -2.43. The molecule has 0 saturated heterocycles. The Kier molecular flexibility index (Phi) is 7.81. The van der Waals surface area contributed by atoms with Crippen molar-refractivity contribution in [3.63, 3.8) is 0 Å². The summed E-state index contributed by atoms with van der Waals surface area (Å²) in [6, 6.07) is 21.1. The second-order valence-corrected chi connectivity index (χ2v) is 7.88. The summed E-state index contributed by atoms with van der Waals surface area (Å²) in [5.41, 5.74) is 8.13. The van der Waals surface area contributed by atoms with Crippen LogP contribution in [0.25, 0.3) is 0 Å². The summed E-state index contributed by atoms with van der Waals surface area (Å²) in [5.74, 6) is -0.306. The van der Waals surface area contributed by atoms with Gasteiger partial charge in [-0.3, -0.25) is 25.2 Å². The number of ether oxygens (including phenoxy) is 1. The van der Waals surface area contributed by atoms with E-state index in [9.17, 15) is 14.4 Å². The van der Waals surface area contributed by atoms with Crippen LogP contribution in [0, 0.1) is 6.92 Å². The highest BCUT2D eigenvalue weighted by Gasteiger charge is 2.12. The van der Waals surface area contributed by atoms with Gasteiger partial charge < -0.3 is 10.1 Å². The molecule has 0 radical (unpaired) electrons. The highest BCUT2D eigenvalue weighted by Crippen LogP contribution is 2.25. The van der Waals surface area contributed by atoms with Gasteiger partial charge in [0.05, 0.1) is 0 Å². The molecule has 170 valence electrons. The third-order valence-corrected chi connectivity index (χ3v) is 4.90. The van der Waals surface area contributed by atoms with Crippen molar-refractivity contribution in [2.75, 3.05) is 11.9 Å². The maximum absolute atomic E-state index is 12.3. The molecule has 0 saturated carbocycles. The molecule has 3 amide bonds. The van der Waals surface area contributed by atoms with Crippen LogP contribution in [0.4, 0.5) is 5.69 Å². The van der Waals surface area contributed by atoms with Crippen molar-refractivity contribution >= 4 is 23.4 Å². The Hall–Kier alpha value is -4.13. The van der Waals surface area contributed by atoms with Gasteiger partial charge in [0.1, 0.15) is 5.75 Å². The molecule has 0 fully saturated rings. The normalized spacial score (nSPS) is 10.4. The van der Waals surface area contributed by atoms with Crippen LogP contribution in [0.15, 0.2) is 72.8 Å². The molecule has 3 rings (SSSR count). The van der Waals surface area contributed by atoms with Crippen molar-refractivity contribution in [1.29, 1.82) is 0 Å². The van der Waals surface area contributed by atoms with Crippen molar-refractivity contribution in [2.45, 2.75) is 26.7 Å². The zero-order chi connectivity index (χ0) is 23.8. The lowest BCUT2D eigenvalue weighted by atomic mass is 10.0. The van der Waals surface area contributed by atoms with Crippen LogP contribution in [-0.2, 0) is 4.79 Å². The minimum atomic E-state index is -0.484. The van der Waals surface area contributed by atoms with Crippen LogP contribution in [0.2, 0.25) is 0 Å². The molecule has 0 aliphatic rings. The molecule has 0 aliphatic carbocycles. The van der Waals surface area contributed by atoms with Crippen LogP contribution in [-0.4, -0.2) is 24.3 Å². The van der Waals surface area contributed by atoms with E-state index in [2.05, 4.69) is 16.2 Å². The monoisotopic (exact) mass is 445 g/mol. The van der Waals surface area contributed by atoms with Crippen molar-refractivity contribution < 1.29 is 19.1 Å². The second kappa shape index (κ2) is 10.9. The van der Waals surface area contributed by atoms with Gasteiger partial charge in [-0.15, -0.1) is 0 Å². The molecule has 3 aromatic carbocycles. The number of hydrogen-bond donors (Lipinski definition) is 3. The average molecular weight is 446 g/mol. The number of para-hydroxylation sites is 1. The lowest BCUT2D eigenvalue weighted by Gasteiger charge is -2.14. The van der Waals surface area contributed by atoms with Gasteiger partial charge in [-0.1, -0.05) is 49.7 Å². The van der Waals surface area contributed by atoms with Crippen molar-refractivity contribution in [2.24, 2.45) is 0 Å². The molecule has 3 N–H and O–H groups in total. The summed E-state index contributed by atoms with van der Waals surface area (Å²) in [5, 5.41) is 2.79. The molecule has 7 heteroatoms. The number of hydrazine groups is 1. The molecule has 0 unspecified atom stereocenters. The Bertz CT molecular complexity index is 1140. The van der Waals surface area contributed by atoms with Gasteiger partial charge in [0.25, 0.3) is 17.7 Å². The van der Waals surface area contributed by atoms with E-state index in [0.717, 1.165) is 11.1 Å². The first-order valence-electron chi connectivity index (χ1n) is 10.6. The molecule has 0 spiro atoms. The summed E-state index contributed by atoms with van der Waals surface area (Å²) in [6.45, 7) is 5.77. The first kappa shape index (κ1) is 23.5. The van der Waals surface area contributed by atoms with Crippen LogP contribution in [0.5, 0.6) is 5.75 Å². The van der Waals surface area contributed by atoms with Gasteiger partial charge in [-0.05, 0) is 60.9 Å². The first-order valence-corrected chi connectivity index (χ1v) is 10.6. The third kappa shape index (κ3) is 6.67. The Morgan fingerprint density at radius 1 is 0.818 bits per heavy atom. The smallest absolute Gasteiger partial charge is 0.276 e. The van der Waals surface area contributed by atoms with Gasteiger partial charge >= 0.3 is 0 Å². The summed E-state index contributed by atoms with van der Waals surface area (Å²) in [6.07, 6.45) is 0. The zero-order valence-electron chi connectivity index (χ0n) is 18.8. The number of amides is 3. The first-order chi connectivity index (χ1) is 15.8. The molecule has 0 bridgehead atoms. The van der Waals surface area contributed by atoms with Gasteiger partial charge in [0.15, 0.2) is 6.61 Å². The topological polar surface area (TPSA) is 96.5 Å². The summed E-state index contributed by atoms with van der Waals surface area (Å²) in [4.78, 5) is 36.7.